The van der Waals surface area contributed by atoms with Crippen molar-refractivity contribution >= 4 is 5.82 Å². The summed E-state index contributed by atoms with van der Waals surface area (Å²) in [5.74, 6) is 0.987. The zero-order chi connectivity index (χ0) is 17.9. The SMILES string of the molecule is C[C@@H](c1ccc(-c2ccc(N3CCN(C)CC3)nn2)cc1)N1CCCC1. The molecule has 0 spiro atoms. The fraction of sp³-hybridized carbons (Fsp3) is 0.524. The number of aromatic nitrogens is 2. The Morgan fingerprint density at radius 2 is 1.50 bits per heavy atom. The molecule has 0 amide bonds. The number of hydrogen-bond acceptors (Lipinski definition) is 5. The first-order chi connectivity index (χ1) is 12.7. The highest BCUT2D eigenvalue weighted by Gasteiger charge is 2.19. The van der Waals surface area contributed by atoms with Gasteiger partial charge >= 0.3 is 0 Å². The van der Waals surface area contributed by atoms with E-state index in [0.717, 1.165) is 43.3 Å². The van der Waals surface area contributed by atoms with Crippen LogP contribution in [0.1, 0.15) is 31.4 Å². The lowest BCUT2D eigenvalue weighted by Gasteiger charge is -2.32. The van der Waals surface area contributed by atoms with E-state index in [1.165, 1.54) is 31.5 Å². The van der Waals surface area contributed by atoms with E-state index in [2.05, 4.69) is 75.3 Å². The normalized spacial score (nSPS) is 20.5. The van der Waals surface area contributed by atoms with Gasteiger partial charge in [-0.1, -0.05) is 24.3 Å². The number of likely N-dealkylation sites (tertiary alicyclic amines) is 1. The van der Waals surface area contributed by atoms with Crippen molar-refractivity contribution in [3.63, 3.8) is 0 Å². The molecular formula is C21H29N5. The minimum absolute atomic E-state index is 0.497. The van der Waals surface area contributed by atoms with Crippen LogP contribution in [-0.4, -0.2) is 66.3 Å². The Bertz CT molecular complexity index is 698. The Balaban J connectivity index is 1.44. The van der Waals surface area contributed by atoms with Gasteiger partial charge in [0, 0.05) is 37.8 Å². The van der Waals surface area contributed by atoms with Crippen molar-refractivity contribution in [2.75, 3.05) is 51.2 Å². The third-order valence-corrected chi connectivity index (χ3v) is 5.85. The largest absolute Gasteiger partial charge is 0.353 e. The average molecular weight is 351 g/mol. The molecule has 2 fully saturated rings. The lowest BCUT2D eigenvalue weighted by molar-refractivity contribution is 0.263. The molecule has 2 aromatic rings. The van der Waals surface area contributed by atoms with Gasteiger partial charge in [-0.25, -0.2) is 0 Å². The van der Waals surface area contributed by atoms with Crippen LogP contribution >= 0.6 is 0 Å². The zero-order valence-corrected chi connectivity index (χ0v) is 15.9. The molecule has 0 saturated carbocycles. The molecule has 1 aromatic carbocycles. The first kappa shape index (κ1) is 17.4. The van der Waals surface area contributed by atoms with Crippen molar-refractivity contribution in [1.82, 2.24) is 20.0 Å². The zero-order valence-electron chi connectivity index (χ0n) is 15.9. The van der Waals surface area contributed by atoms with Gasteiger partial charge in [-0.15, -0.1) is 10.2 Å². The summed E-state index contributed by atoms with van der Waals surface area (Å²) in [6.45, 7) is 8.97. The second-order valence-electron chi connectivity index (χ2n) is 7.61. The van der Waals surface area contributed by atoms with Crippen LogP contribution in [0.2, 0.25) is 0 Å². The van der Waals surface area contributed by atoms with Gasteiger partial charge in [-0.05, 0) is 57.6 Å². The number of anilines is 1. The Kier molecular flexibility index (Phi) is 5.18. The van der Waals surface area contributed by atoms with Crippen molar-refractivity contribution in [3.05, 3.63) is 42.0 Å². The van der Waals surface area contributed by atoms with E-state index < -0.39 is 0 Å². The minimum atomic E-state index is 0.497. The van der Waals surface area contributed by atoms with E-state index in [-0.39, 0.29) is 0 Å². The summed E-state index contributed by atoms with van der Waals surface area (Å²) in [5.41, 5.74) is 3.47. The molecule has 0 bridgehead atoms. The Morgan fingerprint density at radius 3 is 2.12 bits per heavy atom. The van der Waals surface area contributed by atoms with E-state index in [4.69, 9.17) is 0 Å². The molecular weight excluding hydrogens is 322 g/mol. The van der Waals surface area contributed by atoms with Gasteiger partial charge in [0.25, 0.3) is 0 Å². The van der Waals surface area contributed by atoms with Crippen molar-refractivity contribution in [2.24, 2.45) is 0 Å². The number of piperazine rings is 1. The fourth-order valence-corrected chi connectivity index (χ4v) is 3.96. The fourth-order valence-electron chi connectivity index (χ4n) is 3.96. The van der Waals surface area contributed by atoms with Crippen molar-refractivity contribution in [3.8, 4) is 11.3 Å². The van der Waals surface area contributed by atoms with Crippen molar-refractivity contribution < 1.29 is 0 Å². The van der Waals surface area contributed by atoms with Gasteiger partial charge in [0.05, 0.1) is 5.69 Å². The van der Waals surface area contributed by atoms with E-state index in [9.17, 15) is 0 Å². The minimum Gasteiger partial charge on any atom is -0.353 e. The third-order valence-electron chi connectivity index (χ3n) is 5.85. The van der Waals surface area contributed by atoms with Crippen LogP contribution in [0.5, 0.6) is 0 Å². The lowest BCUT2D eigenvalue weighted by Crippen LogP contribution is -2.44. The van der Waals surface area contributed by atoms with Crippen LogP contribution in [-0.2, 0) is 0 Å². The van der Waals surface area contributed by atoms with Gasteiger partial charge in [-0.2, -0.15) is 0 Å². The number of rotatable bonds is 4. The Hall–Kier alpha value is -1.98. The Morgan fingerprint density at radius 1 is 0.808 bits per heavy atom. The molecule has 0 unspecified atom stereocenters. The smallest absolute Gasteiger partial charge is 0.151 e. The van der Waals surface area contributed by atoms with E-state index >= 15 is 0 Å². The second kappa shape index (κ2) is 7.72. The highest BCUT2D eigenvalue weighted by molar-refractivity contribution is 5.60. The van der Waals surface area contributed by atoms with Gasteiger partial charge in [0.2, 0.25) is 0 Å². The molecule has 2 saturated heterocycles. The number of likely N-dealkylation sites (N-methyl/N-ethyl adjacent to an activating group) is 1. The van der Waals surface area contributed by atoms with E-state index in [1.54, 1.807) is 0 Å². The summed E-state index contributed by atoms with van der Waals surface area (Å²) in [6.07, 6.45) is 2.66. The topological polar surface area (TPSA) is 35.5 Å². The molecule has 2 aliphatic rings. The highest BCUT2D eigenvalue weighted by Crippen LogP contribution is 2.27. The number of hydrogen-bond donors (Lipinski definition) is 0. The van der Waals surface area contributed by atoms with Gasteiger partial charge in [0.15, 0.2) is 5.82 Å². The quantitative estimate of drug-likeness (QED) is 0.846. The van der Waals surface area contributed by atoms with E-state index in [1.807, 2.05) is 0 Å². The molecule has 26 heavy (non-hydrogen) atoms. The highest BCUT2D eigenvalue weighted by atomic mass is 15.3. The standard InChI is InChI=1S/C21H29N5/c1-17(25-11-3-4-12-25)18-5-7-19(8-6-18)20-9-10-21(23-22-20)26-15-13-24(2)14-16-26/h5-10,17H,3-4,11-16H2,1-2H3/t17-/m0/s1. The molecule has 1 aromatic heterocycles. The second-order valence-corrected chi connectivity index (χ2v) is 7.61. The third kappa shape index (κ3) is 3.74. The number of nitrogens with zero attached hydrogens (tertiary/aromatic N) is 5. The first-order valence-corrected chi connectivity index (χ1v) is 9.82. The van der Waals surface area contributed by atoms with Crippen molar-refractivity contribution in [2.45, 2.75) is 25.8 Å². The summed E-state index contributed by atoms with van der Waals surface area (Å²) in [6, 6.07) is 13.6. The van der Waals surface area contributed by atoms with Gasteiger partial charge in [-0.3, -0.25) is 4.90 Å². The molecule has 1 atom stereocenters. The molecule has 4 rings (SSSR count). The molecule has 0 radical (unpaired) electrons. The lowest BCUT2D eigenvalue weighted by atomic mass is 10.0. The maximum atomic E-state index is 4.48. The predicted molar refractivity (Wildman–Crippen MR) is 106 cm³/mol. The van der Waals surface area contributed by atoms with Crippen LogP contribution in [0.4, 0.5) is 5.82 Å². The average Bonchev–Trinajstić information content (AvgIpc) is 3.23. The van der Waals surface area contributed by atoms with Crippen LogP contribution < -0.4 is 4.90 Å². The first-order valence-electron chi connectivity index (χ1n) is 9.82. The van der Waals surface area contributed by atoms with Crippen LogP contribution in [0.3, 0.4) is 0 Å². The molecule has 0 N–H and O–H groups in total. The molecule has 5 nitrogen and oxygen atoms in total. The number of benzene rings is 1. The predicted octanol–water partition coefficient (Wildman–Crippen LogP) is 3.05. The summed E-state index contributed by atoms with van der Waals surface area (Å²) >= 11 is 0. The summed E-state index contributed by atoms with van der Waals surface area (Å²) in [5, 5.41) is 8.95. The summed E-state index contributed by atoms with van der Waals surface area (Å²) < 4.78 is 0. The van der Waals surface area contributed by atoms with Gasteiger partial charge in [0.1, 0.15) is 0 Å². The van der Waals surface area contributed by atoms with E-state index in [0.29, 0.717) is 6.04 Å². The molecule has 5 heteroatoms. The van der Waals surface area contributed by atoms with Crippen molar-refractivity contribution in [1.29, 1.82) is 0 Å². The summed E-state index contributed by atoms with van der Waals surface area (Å²) in [7, 11) is 2.17. The maximum Gasteiger partial charge on any atom is 0.151 e. The molecule has 0 aliphatic carbocycles. The summed E-state index contributed by atoms with van der Waals surface area (Å²) in [4.78, 5) is 7.24. The van der Waals surface area contributed by atoms with Crippen LogP contribution in [0.15, 0.2) is 36.4 Å². The molecule has 138 valence electrons. The monoisotopic (exact) mass is 351 g/mol. The van der Waals surface area contributed by atoms with Gasteiger partial charge < -0.3 is 9.80 Å². The molecule has 2 aliphatic heterocycles. The maximum absolute atomic E-state index is 4.48. The Labute approximate surface area is 156 Å². The van der Waals surface area contributed by atoms with Crippen LogP contribution in [0, 0.1) is 0 Å². The molecule has 3 heterocycles. The van der Waals surface area contributed by atoms with Crippen LogP contribution in [0.25, 0.3) is 11.3 Å².